The number of ether oxygens (including phenoxy) is 2. The summed E-state index contributed by atoms with van der Waals surface area (Å²) < 4.78 is 11.3. The van der Waals surface area contributed by atoms with Crippen LogP contribution in [-0.4, -0.2) is 30.8 Å². The van der Waals surface area contributed by atoms with Crippen LogP contribution in [0.4, 0.5) is 0 Å². The molecule has 0 spiro atoms. The lowest BCUT2D eigenvalue weighted by atomic mass is 9.87. The lowest BCUT2D eigenvalue weighted by Crippen LogP contribution is -2.35. The molecule has 134 valence electrons. The van der Waals surface area contributed by atoms with E-state index in [1.165, 1.54) is 5.56 Å². The molecule has 0 heterocycles. The summed E-state index contributed by atoms with van der Waals surface area (Å²) in [7, 11) is 0. The Bertz CT molecular complexity index is 487. The van der Waals surface area contributed by atoms with E-state index in [4.69, 9.17) is 9.47 Å². The van der Waals surface area contributed by atoms with Gasteiger partial charge in [0.1, 0.15) is 5.60 Å². The van der Waals surface area contributed by atoms with Crippen LogP contribution >= 0.6 is 0 Å². The molecule has 2 rings (SSSR count). The molecule has 0 radical (unpaired) electrons. The van der Waals surface area contributed by atoms with Crippen LogP contribution in [0.25, 0.3) is 0 Å². The highest BCUT2D eigenvalue weighted by molar-refractivity contribution is 5.72. The largest absolute Gasteiger partial charge is 0.459 e. The van der Waals surface area contributed by atoms with Crippen molar-refractivity contribution < 1.29 is 14.3 Å². The van der Waals surface area contributed by atoms with Gasteiger partial charge in [0, 0.05) is 0 Å². The van der Waals surface area contributed by atoms with Gasteiger partial charge in [-0.1, -0.05) is 30.3 Å². The Balaban J connectivity index is 1.57. The topological polar surface area (TPSA) is 47.6 Å². The fourth-order valence-electron chi connectivity index (χ4n) is 3.05. The molecule has 1 N–H and O–H groups in total. The molecule has 1 aliphatic carbocycles. The molecule has 1 saturated carbocycles. The number of hydrogen-bond acceptors (Lipinski definition) is 4. The van der Waals surface area contributed by atoms with E-state index < -0.39 is 5.60 Å². The number of benzene rings is 1. The van der Waals surface area contributed by atoms with E-state index in [1.54, 1.807) is 0 Å². The standard InChI is InChI=1S/C20H31NO3/c1-20(2,3)24-19(22)14-21-13-16-9-11-18(12-10-16)23-15-17-7-5-4-6-8-17/h4-8,16,18,21H,9-15H2,1-3H3. The normalized spacial score (nSPS) is 21.5. The quantitative estimate of drug-likeness (QED) is 0.773. The van der Waals surface area contributed by atoms with E-state index in [1.807, 2.05) is 39.0 Å². The molecule has 0 aliphatic heterocycles. The highest BCUT2D eigenvalue weighted by atomic mass is 16.6. The molecule has 1 fully saturated rings. The summed E-state index contributed by atoms with van der Waals surface area (Å²) in [6, 6.07) is 10.3. The maximum atomic E-state index is 11.7. The van der Waals surface area contributed by atoms with Gasteiger partial charge in [-0.3, -0.25) is 4.79 Å². The zero-order chi connectivity index (χ0) is 17.4. The van der Waals surface area contributed by atoms with Gasteiger partial charge in [0.2, 0.25) is 0 Å². The Hall–Kier alpha value is -1.39. The molecular formula is C20H31NO3. The van der Waals surface area contributed by atoms with Gasteiger partial charge >= 0.3 is 5.97 Å². The van der Waals surface area contributed by atoms with Crippen molar-refractivity contribution in [3.63, 3.8) is 0 Å². The summed E-state index contributed by atoms with van der Waals surface area (Å²) in [5, 5.41) is 3.23. The van der Waals surface area contributed by atoms with Crippen molar-refractivity contribution >= 4 is 5.97 Å². The maximum Gasteiger partial charge on any atom is 0.320 e. The number of nitrogens with one attached hydrogen (secondary N) is 1. The number of esters is 1. The zero-order valence-electron chi connectivity index (χ0n) is 15.2. The highest BCUT2D eigenvalue weighted by Crippen LogP contribution is 2.26. The Morgan fingerprint density at radius 2 is 1.79 bits per heavy atom. The molecular weight excluding hydrogens is 302 g/mol. The first-order valence-electron chi connectivity index (χ1n) is 9.00. The average Bonchev–Trinajstić information content (AvgIpc) is 2.53. The molecule has 1 aromatic rings. The van der Waals surface area contributed by atoms with Gasteiger partial charge in [-0.05, 0) is 64.5 Å². The lowest BCUT2D eigenvalue weighted by Gasteiger charge is -2.29. The first kappa shape index (κ1) is 18.9. The molecule has 0 amide bonds. The summed E-state index contributed by atoms with van der Waals surface area (Å²) in [5.41, 5.74) is 0.825. The number of carbonyl (C=O) groups is 1. The van der Waals surface area contributed by atoms with Crippen LogP contribution in [0.5, 0.6) is 0 Å². The molecule has 1 aliphatic rings. The number of rotatable bonds is 7. The van der Waals surface area contributed by atoms with Gasteiger partial charge in [-0.2, -0.15) is 0 Å². The van der Waals surface area contributed by atoms with Crippen LogP contribution in [-0.2, 0) is 20.9 Å². The minimum atomic E-state index is -0.410. The smallest absolute Gasteiger partial charge is 0.320 e. The van der Waals surface area contributed by atoms with Gasteiger partial charge in [-0.25, -0.2) is 0 Å². The first-order valence-corrected chi connectivity index (χ1v) is 9.00. The van der Waals surface area contributed by atoms with Crippen molar-refractivity contribution in [2.75, 3.05) is 13.1 Å². The van der Waals surface area contributed by atoms with Gasteiger partial charge in [0.05, 0.1) is 19.3 Å². The molecule has 24 heavy (non-hydrogen) atoms. The Morgan fingerprint density at radius 3 is 2.42 bits per heavy atom. The van der Waals surface area contributed by atoms with Crippen LogP contribution in [0.15, 0.2) is 30.3 Å². The fourth-order valence-corrected chi connectivity index (χ4v) is 3.05. The number of hydrogen-bond donors (Lipinski definition) is 1. The van der Waals surface area contributed by atoms with Crippen molar-refractivity contribution in [1.29, 1.82) is 0 Å². The predicted molar refractivity (Wildman–Crippen MR) is 95.7 cm³/mol. The van der Waals surface area contributed by atoms with Gasteiger partial charge < -0.3 is 14.8 Å². The van der Waals surface area contributed by atoms with Crippen LogP contribution in [0, 0.1) is 5.92 Å². The summed E-state index contributed by atoms with van der Waals surface area (Å²) in [4.78, 5) is 11.7. The summed E-state index contributed by atoms with van der Waals surface area (Å²) >= 11 is 0. The predicted octanol–water partition coefficient (Wildman–Crippen LogP) is 3.69. The molecule has 0 atom stereocenters. The Morgan fingerprint density at radius 1 is 1.12 bits per heavy atom. The zero-order valence-corrected chi connectivity index (χ0v) is 15.2. The van der Waals surface area contributed by atoms with E-state index in [-0.39, 0.29) is 5.97 Å². The first-order chi connectivity index (χ1) is 11.4. The van der Waals surface area contributed by atoms with E-state index in [0.717, 1.165) is 32.2 Å². The third-order valence-electron chi connectivity index (χ3n) is 4.24. The molecule has 0 saturated heterocycles. The minimum Gasteiger partial charge on any atom is -0.459 e. The average molecular weight is 333 g/mol. The SMILES string of the molecule is CC(C)(C)OC(=O)CNCC1CCC(OCc2ccccc2)CC1. The molecule has 1 aromatic carbocycles. The van der Waals surface area contributed by atoms with E-state index in [0.29, 0.717) is 25.2 Å². The van der Waals surface area contributed by atoms with Gasteiger partial charge in [0.15, 0.2) is 0 Å². The lowest BCUT2D eigenvalue weighted by molar-refractivity contribution is -0.153. The third kappa shape index (κ3) is 7.45. The molecule has 4 heteroatoms. The minimum absolute atomic E-state index is 0.178. The Kier molecular flexibility index (Phi) is 7.25. The van der Waals surface area contributed by atoms with E-state index in [2.05, 4.69) is 17.4 Å². The Labute approximate surface area is 145 Å². The second-order valence-electron chi connectivity index (χ2n) is 7.66. The van der Waals surface area contributed by atoms with Gasteiger partial charge in [-0.15, -0.1) is 0 Å². The number of carbonyl (C=O) groups excluding carboxylic acids is 1. The van der Waals surface area contributed by atoms with Crippen molar-refractivity contribution in [3.05, 3.63) is 35.9 Å². The van der Waals surface area contributed by atoms with Crippen LogP contribution < -0.4 is 5.32 Å². The highest BCUT2D eigenvalue weighted by Gasteiger charge is 2.22. The van der Waals surface area contributed by atoms with Crippen LogP contribution in [0.3, 0.4) is 0 Å². The third-order valence-corrected chi connectivity index (χ3v) is 4.24. The monoisotopic (exact) mass is 333 g/mol. The van der Waals surface area contributed by atoms with Crippen LogP contribution in [0.1, 0.15) is 52.0 Å². The van der Waals surface area contributed by atoms with Crippen molar-refractivity contribution in [2.24, 2.45) is 5.92 Å². The van der Waals surface area contributed by atoms with Gasteiger partial charge in [0.25, 0.3) is 0 Å². The van der Waals surface area contributed by atoms with E-state index in [9.17, 15) is 4.79 Å². The molecule has 0 unspecified atom stereocenters. The van der Waals surface area contributed by atoms with Crippen LogP contribution in [0.2, 0.25) is 0 Å². The molecule has 0 bridgehead atoms. The summed E-state index contributed by atoms with van der Waals surface area (Å²) in [6.07, 6.45) is 4.88. The molecule has 0 aromatic heterocycles. The second kappa shape index (κ2) is 9.19. The molecule has 4 nitrogen and oxygen atoms in total. The maximum absolute atomic E-state index is 11.7. The van der Waals surface area contributed by atoms with Crippen molar-refractivity contribution in [3.8, 4) is 0 Å². The summed E-state index contributed by atoms with van der Waals surface area (Å²) in [5.74, 6) is 0.450. The van der Waals surface area contributed by atoms with Crippen molar-refractivity contribution in [1.82, 2.24) is 5.32 Å². The fraction of sp³-hybridized carbons (Fsp3) is 0.650. The second-order valence-corrected chi connectivity index (χ2v) is 7.66. The summed E-state index contributed by atoms with van der Waals surface area (Å²) in [6.45, 7) is 7.55. The van der Waals surface area contributed by atoms with E-state index >= 15 is 0 Å². The van der Waals surface area contributed by atoms with Crippen molar-refractivity contribution in [2.45, 2.75) is 64.8 Å².